The molecule has 1 heterocycles. The molecule has 0 bridgehead atoms. The molecule has 1 aliphatic rings. The van der Waals surface area contributed by atoms with E-state index in [0.29, 0.717) is 11.3 Å². The SMILES string of the molecule is COc1ccccc1C(=O)/C=C/c1ccc(OC2CCCCO2)cc1. The van der Waals surface area contributed by atoms with Gasteiger partial charge in [0.2, 0.25) is 0 Å². The number of methoxy groups -OCH3 is 1. The first kappa shape index (κ1) is 17.2. The Morgan fingerprint density at radius 1 is 1.12 bits per heavy atom. The van der Waals surface area contributed by atoms with Crippen LogP contribution in [0, 0.1) is 0 Å². The van der Waals surface area contributed by atoms with Crippen LogP contribution in [-0.4, -0.2) is 25.8 Å². The van der Waals surface area contributed by atoms with Gasteiger partial charge in [0, 0.05) is 6.42 Å². The van der Waals surface area contributed by atoms with Gasteiger partial charge in [-0.1, -0.05) is 30.3 Å². The van der Waals surface area contributed by atoms with Crippen molar-refractivity contribution in [1.82, 2.24) is 0 Å². The average molecular weight is 338 g/mol. The maximum absolute atomic E-state index is 12.3. The van der Waals surface area contributed by atoms with E-state index in [9.17, 15) is 4.79 Å². The summed E-state index contributed by atoms with van der Waals surface area (Å²) in [7, 11) is 1.56. The molecule has 1 saturated heterocycles. The zero-order valence-electron chi connectivity index (χ0n) is 14.3. The smallest absolute Gasteiger partial charge is 0.199 e. The second kappa shape index (κ2) is 8.49. The Balaban J connectivity index is 1.62. The normalized spacial score (nSPS) is 17.4. The third-order valence-electron chi connectivity index (χ3n) is 4.09. The molecule has 0 N–H and O–H groups in total. The van der Waals surface area contributed by atoms with E-state index < -0.39 is 0 Å². The van der Waals surface area contributed by atoms with Gasteiger partial charge in [-0.05, 0) is 48.7 Å². The number of rotatable bonds is 6. The lowest BCUT2D eigenvalue weighted by molar-refractivity contribution is -0.105. The Morgan fingerprint density at radius 2 is 1.92 bits per heavy atom. The number of hydrogen-bond donors (Lipinski definition) is 0. The minimum Gasteiger partial charge on any atom is -0.496 e. The van der Waals surface area contributed by atoms with E-state index in [1.54, 1.807) is 31.4 Å². The van der Waals surface area contributed by atoms with E-state index in [1.165, 1.54) is 0 Å². The highest BCUT2D eigenvalue weighted by atomic mass is 16.7. The second-order valence-electron chi connectivity index (χ2n) is 5.88. The first-order valence-electron chi connectivity index (χ1n) is 8.50. The van der Waals surface area contributed by atoms with Crippen LogP contribution in [-0.2, 0) is 4.74 Å². The van der Waals surface area contributed by atoms with Gasteiger partial charge in [-0.25, -0.2) is 0 Å². The van der Waals surface area contributed by atoms with Crippen LogP contribution in [0.2, 0.25) is 0 Å². The fourth-order valence-corrected chi connectivity index (χ4v) is 2.72. The fraction of sp³-hybridized carbons (Fsp3) is 0.286. The quantitative estimate of drug-likeness (QED) is 0.575. The van der Waals surface area contributed by atoms with Crippen LogP contribution in [0.15, 0.2) is 54.6 Å². The van der Waals surface area contributed by atoms with Crippen LogP contribution >= 0.6 is 0 Å². The molecule has 4 nitrogen and oxygen atoms in total. The number of ketones is 1. The van der Waals surface area contributed by atoms with Crippen molar-refractivity contribution < 1.29 is 19.0 Å². The lowest BCUT2D eigenvalue weighted by Gasteiger charge is -2.23. The minimum atomic E-state index is -0.151. The summed E-state index contributed by atoms with van der Waals surface area (Å²) in [6, 6.07) is 14.8. The molecule has 2 aromatic rings. The van der Waals surface area contributed by atoms with Crippen molar-refractivity contribution in [1.29, 1.82) is 0 Å². The number of carbonyl (C=O) groups is 1. The topological polar surface area (TPSA) is 44.8 Å². The number of benzene rings is 2. The van der Waals surface area contributed by atoms with Crippen LogP contribution in [0.25, 0.3) is 6.08 Å². The van der Waals surface area contributed by atoms with Crippen LogP contribution < -0.4 is 9.47 Å². The van der Waals surface area contributed by atoms with E-state index in [4.69, 9.17) is 14.2 Å². The maximum atomic E-state index is 12.3. The first-order chi connectivity index (χ1) is 12.3. The highest BCUT2D eigenvalue weighted by Crippen LogP contribution is 2.21. The van der Waals surface area contributed by atoms with E-state index in [0.717, 1.165) is 37.2 Å². The summed E-state index contributed by atoms with van der Waals surface area (Å²) >= 11 is 0. The van der Waals surface area contributed by atoms with Gasteiger partial charge in [0.05, 0.1) is 19.3 Å². The van der Waals surface area contributed by atoms with Crippen LogP contribution in [0.5, 0.6) is 11.5 Å². The molecule has 0 saturated carbocycles. The van der Waals surface area contributed by atoms with Gasteiger partial charge in [0.15, 0.2) is 12.1 Å². The van der Waals surface area contributed by atoms with Crippen molar-refractivity contribution in [2.45, 2.75) is 25.6 Å². The van der Waals surface area contributed by atoms with Crippen LogP contribution in [0.3, 0.4) is 0 Å². The molecule has 0 aromatic heterocycles. The number of carbonyl (C=O) groups excluding carboxylic acids is 1. The van der Waals surface area contributed by atoms with Gasteiger partial charge in [-0.3, -0.25) is 4.79 Å². The Labute approximate surface area is 148 Å². The molecule has 1 atom stereocenters. The van der Waals surface area contributed by atoms with Crippen LogP contribution in [0.4, 0.5) is 0 Å². The number of hydrogen-bond acceptors (Lipinski definition) is 4. The largest absolute Gasteiger partial charge is 0.496 e. The maximum Gasteiger partial charge on any atom is 0.199 e. The molecule has 0 amide bonds. The Bertz CT molecular complexity index is 728. The van der Waals surface area contributed by atoms with Gasteiger partial charge < -0.3 is 14.2 Å². The molecular weight excluding hydrogens is 316 g/mol. The summed E-state index contributed by atoms with van der Waals surface area (Å²) in [6.45, 7) is 0.760. The molecule has 3 rings (SSSR count). The predicted molar refractivity (Wildman–Crippen MR) is 97.0 cm³/mol. The molecule has 2 aromatic carbocycles. The minimum absolute atomic E-state index is 0.0895. The summed E-state index contributed by atoms with van der Waals surface area (Å²) in [5, 5.41) is 0. The fourth-order valence-electron chi connectivity index (χ4n) is 2.72. The summed E-state index contributed by atoms with van der Waals surface area (Å²) in [4.78, 5) is 12.3. The van der Waals surface area contributed by atoms with Gasteiger partial charge in [-0.2, -0.15) is 0 Å². The standard InChI is InChI=1S/C21H22O4/c1-23-20-7-3-2-6-18(20)19(22)14-11-16-9-12-17(13-10-16)25-21-8-4-5-15-24-21/h2-3,6-7,9-14,21H,4-5,8,15H2,1H3/b14-11+. The second-order valence-corrected chi connectivity index (χ2v) is 5.88. The van der Waals surface area contributed by atoms with Crippen molar-refractivity contribution >= 4 is 11.9 Å². The molecule has 0 radical (unpaired) electrons. The Hall–Kier alpha value is -2.59. The van der Waals surface area contributed by atoms with Gasteiger partial charge in [-0.15, -0.1) is 0 Å². The highest BCUT2D eigenvalue weighted by molar-refractivity contribution is 6.08. The van der Waals surface area contributed by atoms with Crippen molar-refractivity contribution in [2.24, 2.45) is 0 Å². The van der Waals surface area contributed by atoms with Crippen molar-refractivity contribution in [3.05, 3.63) is 65.7 Å². The number of allylic oxidation sites excluding steroid dienone is 1. The number of ether oxygens (including phenoxy) is 3. The molecule has 130 valence electrons. The molecule has 1 fully saturated rings. The van der Waals surface area contributed by atoms with Crippen LogP contribution in [0.1, 0.15) is 35.2 Å². The molecule has 0 aliphatic carbocycles. The van der Waals surface area contributed by atoms with Gasteiger partial charge in [0.1, 0.15) is 11.5 Å². The lowest BCUT2D eigenvalue weighted by Crippen LogP contribution is -2.24. The lowest BCUT2D eigenvalue weighted by atomic mass is 10.1. The summed E-state index contributed by atoms with van der Waals surface area (Å²) in [6.07, 6.45) is 6.35. The predicted octanol–water partition coefficient (Wildman–Crippen LogP) is 4.50. The monoisotopic (exact) mass is 338 g/mol. The summed E-state index contributed by atoms with van der Waals surface area (Å²) in [5.41, 5.74) is 1.48. The summed E-state index contributed by atoms with van der Waals surface area (Å²) in [5.74, 6) is 1.27. The molecule has 4 heteroatoms. The van der Waals surface area contributed by atoms with Crippen molar-refractivity contribution in [3.8, 4) is 11.5 Å². The Morgan fingerprint density at radius 3 is 2.64 bits per heavy atom. The van der Waals surface area contributed by atoms with E-state index in [2.05, 4.69) is 0 Å². The molecule has 1 unspecified atom stereocenters. The third-order valence-corrected chi connectivity index (χ3v) is 4.09. The molecule has 25 heavy (non-hydrogen) atoms. The van der Waals surface area contributed by atoms with Crippen molar-refractivity contribution in [3.63, 3.8) is 0 Å². The Kier molecular flexibility index (Phi) is 5.86. The van der Waals surface area contributed by atoms with Crippen molar-refractivity contribution in [2.75, 3.05) is 13.7 Å². The zero-order valence-corrected chi connectivity index (χ0v) is 14.3. The highest BCUT2D eigenvalue weighted by Gasteiger charge is 2.14. The average Bonchev–Trinajstić information content (AvgIpc) is 2.68. The van der Waals surface area contributed by atoms with E-state index in [-0.39, 0.29) is 12.1 Å². The number of para-hydroxylation sites is 1. The third kappa shape index (κ3) is 4.70. The molecule has 1 aliphatic heterocycles. The van der Waals surface area contributed by atoms with Gasteiger partial charge >= 0.3 is 0 Å². The first-order valence-corrected chi connectivity index (χ1v) is 8.50. The molecular formula is C21H22O4. The van der Waals surface area contributed by atoms with E-state index in [1.807, 2.05) is 36.4 Å². The summed E-state index contributed by atoms with van der Waals surface area (Å²) < 4.78 is 16.6. The van der Waals surface area contributed by atoms with Gasteiger partial charge in [0.25, 0.3) is 0 Å². The zero-order chi connectivity index (χ0) is 17.5. The molecule has 0 spiro atoms. The van der Waals surface area contributed by atoms with E-state index >= 15 is 0 Å².